The van der Waals surface area contributed by atoms with Crippen molar-refractivity contribution < 1.29 is 13.5 Å². The lowest BCUT2D eigenvalue weighted by molar-refractivity contribution is 0.151. The predicted molar refractivity (Wildman–Crippen MR) is 82.4 cm³/mol. The van der Waals surface area contributed by atoms with Crippen LogP contribution in [0.15, 0.2) is 36.7 Å². The van der Waals surface area contributed by atoms with Crippen molar-refractivity contribution >= 4 is 11.6 Å². The Morgan fingerprint density at radius 1 is 1.17 bits per heavy atom. The average molecular weight is 352 g/mol. The topological polar surface area (TPSA) is 65.7 Å². The van der Waals surface area contributed by atoms with Gasteiger partial charge in [-0.2, -0.15) is 0 Å². The summed E-state index contributed by atoms with van der Waals surface area (Å²) in [5.74, 6) is 0.305. The molecule has 1 aromatic carbocycles. The summed E-state index contributed by atoms with van der Waals surface area (Å²) in [7, 11) is 0. The molecule has 0 bridgehead atoms. The summed E-state index contributed by atoms with van der Waals surface area (Å²) in [6, 6.07) is 5.82. The van der Waals surface area contributed by atoms with Crippen LogP contribution in [0.1, 0.15) is 23.4 Å². The fourth-order valence-electron chi connectivity index (χ4n) is 2.03. The summed E-state index contributed by atoms with van der Waals surface area (Å²) in [4.78, 5) is 7.87. The molecule has 24 heavy (non-hydrogen) atoms. The van der Waals surface area contributed by atoms with Crippen LogP contribution in [0.4, 0.5) is 8.78 Å². The van der Waals surface area contributed by atoms with Crippen LogP contribution in [0.3, 0.4) is 0 Å². The van der Waals surface area contributed by atoms with E-state index in [0.717, 1.165) is 0 Å². The Balaban J connectivity index is 1.81. The van der Waals surface area contributed by atoms with Gasteiger partial charge in [-0.1, -0.05) is 28.9 Å². The third kappa shape index (κ3) is 3.48. The quantitative estimate of drug-likeness (QED) is 0.703. The third-order valence-corrected chi connectivity index (χ3v) is 3.50. The van der Waals surface area contributed by atoms with Crippen LogP contribution >= 0.6 is 11.6 Å². The lowest BCUT2D eigenvalue weighted by Gasteiger charge is -2.09. The van der Waals surface area contributed by atoms with Crippen molar-refractivity contribution in [3.63, 3.8) is 0 Å². The Bertz CT molecular complexity index is 821. The van der Waals surface area contributed by atoms with Gasteiger partial charge < -0.3 is 4.74 Å². The van der Waals surface area contributed by atoms with Gasteiger partial charge in [-0.25, -0.2) is 23.4 Å². The highest BCUT2D eigenvalue weighted by atomic mass is 35.5. The fraction of sp³-hybridized carbons (Fsp3) is 0.200. The standard InChI is InChI=1S/C15H12ClF2N5O/c1-9-12(8-24-14-7-19-13(16)6-20-14)23(22-21-9)11-4-2-10(3-5-11)15(17)18/h2-7,15H,8H2,1H3. The summed E-state index contributed by atoms with van der Waals surface area (Å²) >= 11 is 5.67. The normalized spacial score (nSPS) is 11.0. The molecule has 124 valence electrons. The highest BCUT2D eigenvalue weighted by molar-refractivity contribution is 6.29. The molecule has 9 heteroatoms. The molecule has 0 spiro atoms. The molecule has 2 aromatic heterocycles. The van der Waals surface area contributed by atoms with Crippen molar-refractivity contribution in [1.82, 2.24) is 25.0 Å². The van der Waals surface area contributed by atoms with E-state index in [4.69, 9.17) is 16.3 Å². The van der Waals surface area contributed by atoms with Gasteiger partial charge in [-0.05, 0) is 19.1 Å². The van der Waals surface area contributed by atoms with Crippen molar-refractivity contribution in [3.8, 4) is 11.6 Å². The predicted octanol–water partition coefficient (Wildman–Crippen LogP) is 3.54. The molecule has 0 aliphatic carbocycles. The summed E-state index contributed by atoms with van der Waals surface area (Å²) in [6.07, 6.45) is 0.272. The van der Waals surface area contributed by atoms with Gasteiger partial charge in [0.15, 0.2) is 0 Å². The number of nitrogens with zero attached hydrogens (tertiary/aromatic N) is 5. The van der Waals surface area contributed by atoms with E-state index in [2.05, 4.69) is 20.3 Å². The van der Waals surface area contributed by atoms with Crippen LogP contribution in [0.5, 0.6) is 5.88 Å². The van der Waals surface area contributed by atoms with E-state index in [1.54, 1.807) is 19.1 Å². The van der Waals surface area contributed by atoms with Gasteiger partial charge in [-0.3, -0.25) is 0 Å². The highest BCUT2D eigenvalue weighted by Crippen LogP contribution is 2.21. The van der Waals surface area contributed by atoms with Crippen LogP contribution in [-0.2, 0) is 6.61 Å². The zero-order valence-corrected chi connectivity index (χ0v) is 13.3. The molecule has 0 unspecified atom stereocenters. The van der Waals surface area contributed by atoms with E-state index < -0.39 is 6.43 Å². The average Bonchev–Trinajstić information content (AvgIpc) is 2.95. The van der Waals surface area contributed by atoms with Crippen molar-refractivity contribution in [2.75, 3.05) is 0 Å². The van der Waals surface area contributed by atoms with Crippen molar-refractivity contribution in [1.29, 1.82) is 0 Å². The number of ether oxygens (including phenoxy) is 1. The number of hydrogen-bond acceptors (Lipinski definition) is 5. The molecule has 0 fully saturated rings. The number of alkyl halides is 2. The van der Waals surface area contributed by atoms with Gasteiger partial charge in [-0.15, -0.1) is 5.10 Å². The lowest BCUT2D eigenvalue weighted by atomic mass is 10.2. The first-order chi connectivity index (χ1) is 11.5. The summed E-state index contributed by atoms with van der Waals surface area (Å²) in [5, 5.41) is 8.30. The highest BCUT2D eigenvalue weighted by Gasteiger charge is 2.13. The van der Waals surface area contributed by atoms with E-state index in [1.807, 2.05) is 0 Å². The first kappa shape index (κ1) is 16.3. The Hall–Kier alpha value is -2.61. The third-order valence-electron chi connectivity index (χ3n) is 3.30. The second-order valence-electron chi connectivity index (χ2n) is 4.89. The molecule has 0 aliphatic rings. The van der Waals surface area contributed by atoms with Crippen LogP contribution in [0.2, 0.25) is 5.15 Å². The number of aromatic nitrogens is 5. The number of halogens is 3. The molecular weight excluding hydrogens is 340 g/mol. The Morgan fingerprint density at radius 3 is 2.54 bits per heavy atom. The second-order valence-corrected chi connectivity index (χ2v) is 5.28. The molecule has 6 nitrogen and oxygen atoms in total. The Kier molecular flexibility index (Phi) is 4.66. The smallest absolute Gasteiger partial charge is 0.263 e. The minimum atomic E-state index is -2.51. The molecular formula is C15H12ClF2N5O. The van der Waals surface area contributed by atoms with Gasteiger partial charge in [0.05, 0.1) is 23.8 Å². The second kappa shape index (κ2) is 6.88. The molecule has 0 saturated carbocycles. The first-order valence-electron chi connectivity index (χ1n) is 6.94. The molecule has 0 atom stereocenters. The summed E-state index contributed by atoms with van der Waals surface area (Å²) < 4.78 is 32.4. The molecule has 0 saturated heterocycles. The van der Waals surface area contributed by atoms with Crippen molar-refractivity contribution in [2.45, 2.75) is 20.0 Å². The maximum atomic E-state index is 12.6. The maximum absolute atomic E-state index is 12.6. The lowest BCUT2D eigenvalue weighted by Crippen LogP contribution is -2.07. The fourth-order valence-corrected chi connectivity index (χ4v) is 2.13. The number of benzene rings is 1. The minimum Gasteiger partial charge on any atom is -0.470 e. The molecule has 0 N–H and O–H groups in total. The molecule has 0 radical (unpaired) electrons. The molecule has 0 amide bonds. The van der Waals surface area contributed by atoms with Gasteiger partial charge in [0.2, 0.25) is 5.88 Å². The Morgan fingerprint density at radius 2 is 1.92 bits per heavy atom. The summed E-state index contributed by atoms with van der Waals surface area (Å²) in [6.45, 7) is 1.93. The molecule has 0 aliphatic heterocycles. The van der Waals surface area contributed by atoms with Gasteiger partial charge >= 0.3 is 0 Å². The van der Waals surface area contributed by atoms with Gasteiger partial charge in [0.25, 0.3) is 6.43 Å². The number of rotatable bonds is 5. The molecule has 2 heterocycles. The van der Waals surface area contributed by atoms with E-state index in [0.29, 0.717) is 23.0 Å². The van der Waals surface area contributed by atoms with Crippen LogP contribution < -0.4 is 4.74 Å². The largest absolute Gasteiger partial charge is 0.470 e. The zero-order valence-electron chi connectivity index (χ0n) is 12.5. The van der Waals surface area contributed by atoms with Crippen LogP contribution in [-0.4, -0.2) is 25.0 Å². The van der Waals surface area contributed by atoms with Crippen LogP contribution in [0.25, 0.3) is 5.69 Å². The first-order valence-corrected chi connectivity index (χ1v) is 7.32. The number of aryl methyl sites for hydroxylation is 1. The molecule has 3 aromatic rings. The zero-order chi connectivity index (χ0) is 17.1. The van der Waals surface area contributed by atoms with E-state index >= 15 is 0 Å². The maximum Gasteiger partial charge on any atom is 0.263 e. The number of hydrogen-bond donors (Lipinski definition) is 0. The monoisotopic (exact) mass is 351 g/mol. The van der Waals surface area contributed by atoms with E-state index in [9.17, 15) is 8.78 Å². The SMILES string of the molecule is Cc1nnn(-c2ccc(C(F)F)cc2)c1COc1cnc(Cl)cn1. The minimum absolute atomic E-state index is 0.0511. The van der Waals surface area contributed by atoms with Crippen molar-refractivity contribution in [3.05, 3.63) is 58.8 Å². The molecule has 3 rings (SSSR count). The van der Waals surface area contributed by atoms with Gasteiger partial charge in [0, 0.05) is 5.56 Å². The van der Waals surface area contributed by atoms with E-state index in [-0.39, 0.29) is 17.3 Å². The van der Waals surface area contributed by atoms with Gasteiger partial charge in [0.1, 0.15) is 17.5 Å². The van der Waals surface area contributed by atoms with Crippen LogP contribution in [0, 0.1) is 6.92 Å². The Labute approximate surface area is 141 Å². The van der Waals surface area contributed by atoms with Crippen molar-refractivity contribution in [2.24, 2.45) is 0 Å². The van der Waals surface area contributed by atoms with E-state index in [1.165, 1.54) is 29.2 Å². The summed E-state index contributed by atoms with van der Waals surface area (Å²) in [5.41, 5.74) is 1.90.